The zero-order valence-electron chi connectivity index (χ0n) is 30.8. The molecule has 1 rings (SSSR count). The van der Waals surface area contributed by atoms with Gasteiger partial charge in [-0.15, -0.1) is 0 Å². The van der Waals surface area contributed by atoms with Gasteiger partial charge in [0.2, 0.25) is 0 Å². The predicted octanol–water partition coefficient (Wildman–Crippen LogP) is 11.1. The van der Waals surface area contributed by atoms with Crippen molar-refractivity contribution in [2.24, 2.45) is 5.92 Å². The number of esters is 1. The summed E-state index contributed by atoms with van der Waals surface area (Å²) in [4.78, 5) is 28.3. The second kappa shape index (κ2) is 27.8. The largest absolute Gasteiger partial charge is 0.469 e. The van der Waals surface area contributed by atoms with Gasteiger partial charge in [-0.05, 0) is 84.8 Å². The number of hydrogen-bond acceptors (Lipinski definition) is 5. The Morgan fingerprint density at radius 1 is 0.644 bits per heavy atom. The van der Waals surface area contributed by atoms with E-state index in [9.17, 15) is 9.59 Å². The standard InChI is InChI=1S/C39H76N2O4/c1-6-7-8-9-10-11-12-13-16-19-22-25-31-40(32-26-23-20-17-14-15-18-21-24-27-37(42)44-5)33-28-36-29-34-41(35-30-36)38(43)45-39(2,3)4/h36H,6-35H2,1-5H3. The van der Waals surface area contributed by atoms with Crippen LogP contribution in [-0.2, 0) is 14.3 Å². The first-order chi connectivity index (χ1) is 21.7. The molecule has 6 heteroatoms. The van der Waals surface area contributed by atoms with Gasteiger partial charge in [-0.25, -0.2) is 4.79 Å². The molecule has 1 aliphatic heterocycles. The first-order valence-electron chi connectivity index (χ1n) is 19.5. The second-order valence-corrected chi connectivity index (χ2v) is 14.9. The molecular formula is C39H76N2O4. The van der Waals surface area contributed by atoms with Crippen molar-refractivity contribution in [3.05, 3.63) is 0 Å². The maximum atomic E-state index is 12.5. The van der Waals surface area contributed by atoms with Gasteiger partial charge in [0.1, 0.15) is 5.60 Å². The summed E-state index contributed by atoms with van der Waals surface area (Å²) in [7, 11) is 1.47. The highest BCUT2D eigenvalue weighted by molar-refractivity contribution is 5.69. The van der Waals surface area contributed by atoms with E-state index in [4.69, 9.17) is 9.47 Å². The summed E-state index contributed by atoms with van der Waals surface area (Å²) in [5, 5.41) is 0. The average molecular weight is 637 g/mol. The maximum Gasteiger partial charge on any atom is 0.410 e. The minimum atomic E-state index is -0.422. The summed E-state index contributed by atoms with van der Waals surface area (Å²) in [6, 6.07) is 0. The summed E-state index contributed by atoms with van der Waals surface area (Å²) >= 11 is 0. The van der Waals surface area contributed by atoms with E-state index in [-0.39, 0.29) is 12.1 Å². The molecule has 1 heterocycles. The Morgan fingerprint density at radius 3 is 1.49 bits per heavy atom. The smallest absolute Gasteiger partial charge is 0.410 e. The molecule has 1 amide bonds. The number of methoxy groups -OCH3 is 1. The number of unbranched alkanes of at least 4 members (excludes halogenated alkanes) is 19. The van der Waals surface area contributed by atoms with Gasteiger partial charge < -0.3 is 19.3 Å². The fraction of sp³-hybridized carbons (Fsp3) is 0.949. The number of rotatable bonds is 28. The number of amides is 1. The average Bonchev–Trinajstić information content (AvgIpc) is 3.01. The quantitative estimate of drug-likeness (QED) is 0.0631. The fourth-order valence-electron chi connectivity index (χ4n) is 6.55. The highest BCUT2D eigenvalue weighted by Gasteiger charge is 2.27. The summed E-state index contributed by atoms with van der Waals surface area (Å²) in [6.07, 6.45) is 32.1. The Kier molecular flexibility index (Phi) is 25.8. The normalized spacial score (nSPS) is 14.3. The van der Waals surface area contributed by atoms with Crippen molar-refractivity contribution in [1.29, 1.82) is 0 Å². The topological polar surface area (TPSA) is 59.1 Å². The minimum Gasteiger partial charge on any atom is -0.469 e. The number of ether oxygens (including phenoxy) is 2. The number of piperidine rings is 1. The van der Waals surface area contributed by atoms with E-state index < -0.39 is 5.60 Å². The second-order valence-electron chi connectivity index (χ2n) is 14.9. The molecule has 0 unspecified atom stereocenters. The van der Waals surface area contributed by atoms with E-state index in [1.165, 1.54) is 155 Å². The molecule has 0 N–H and O–H groups in total. The third-order valence-corrected chi connectivity index (χ3v) is 9.53. The van der Waals surface area contributed by atoms with Gasteiger partial charge in [0.25, 0.3) is 0 Å². The lowest BCUT2D eigenvalue weighted by molar-refractivity contribution is -0.140. The van der Waals surface area contributed by atoms with Gasteiger partial charge in [0.15, 0.2) is 0 Å². The van der Waals surface area contributed by atoms with E-state index >= 15 is 0 Å². The van der Waals surface area contributed by atoms with Gasteiger partial charge in [-0.1, -0.05) is 122 Å². The highest BCUT2D eigenvalue weighted by Crippen LogP contribution is 2.23. The number of hydrogen-bond donors (Lipinski definition) is 0. The van der Waals surface area contributed by atoms with Gasteiger partial charge >= 0.3 is 12.1 Å². The van der Waals surface area contributed by atoms with Crippen LogP contribution in [0, 0.1) is 5.92 Å². The van der Waals surface area contributed by atoms with Crippen molar-refractivity contribution in [2.45, 2.75) is 194 Å². The van der Waals surface area contributed by atoms with Crippen LogP contribution < -0.4 is 0 Å². The molecule has 1 aliphatic rings. The van der Waals surface area contributed by atoms with E-state index in [1.807, 2.05) is 25.7 Å². The first-order valence-corrected chi connectivity index (χ1v) is 19.5. The summed E-state index contributed by atoms with van der Waals surface area (Å²) in [6.45, 7) is 13.5. The zero-order chi connectivity index (χ0) is 33.0. The Hall–Kier alpha value is -1.30. The maximum absolute atomic E-state index is 12.5. The fourth-order valence-corrected chi connectivity index (χ4v) is 6.55. The molecule has 0 aromatic rings. The Labute approximate surface area is 280 Å². The molecule has 6 nitrogen and oxygen atoms in total. The van der Waals surface area contributed by atoms with Gasteiger partial charge in [-0.2, -0.15) is 0 Å². The third-order valence-electron chi connectivity index (χ3n) is 9.53. The number of nitrogens with zero attached hydrogens (tertiary/aromatic N) is 2. The van der Waals surface area contributed by atoms with Crippen molar-refractivity contribution in [1.82, 2.24) is 9.80 Å². The summed E-state index contributed by atoms with van der Waals surface area (Å²) < 4.78 is 10.3. The monoisotopic (exact) mass is 637 g/mol. The van der Waals surface area contributed by atoms with E-state index in [0.29, 0.717) is 6.42 Å². The van der Waals surface area contributed by atoms with Crippen molar-refractivity contribution in [3.8, 4) is 0 Å². The lowest BCUT2D eigenvalue weighted by atomic mass is 9.93. The number of carbonyl (C=O) groups is 2. The van der Waals surface area contributed by atoms with Crippen molar-refractivity contribution in [2.75, 3.05) is 39.8 Å². The number of likely N-dealkylation sites (tertiary alicyclic amines) is 1. The van der Waals surface area contributed by atoms with E-state index in [0.717, 1.165) is 44.7 Å². The Balaban J connectivity index is 2.26. The van der Waals surface area contributed by atoms with Crippen LogP contribution >= 0.6 is 0 Å². The van der Waals surface area contributed by atoms with Crippen LogP contribution in [0.3, 0.4) is 0 Å². The Bertz CT molecular complexity index is 700. The van der Waals surface area contributed by atoms with Crippen LogP contribution in [0.25, 0.3) is 0 Å². The molecule has 0 aromatic heterocycles. The minimum absolute atomic E-state index is 0.0774. The summed E-state index contributed by atoms with van der Waals surface area (Å²) in [5.74, 6) is 0.646. The molecule has 0 aliphatic carbocycles. The lowest BCUT2D eigenvalue weighted by Crippen LogP contribution is -2.42. The van der Waals surface area contributed by atoms with Crippen molar-refractivity contribution >= 4 is 12.1 Å². The van der Waals surface area contributed by atoms with Gasteiger partial charge in [0, 0.05) is 19.5 Å². The van der Waals surface area contributed by atoms with E-state index in [2.05, 4.69) is 11.8 Å². The molecule has 0 saturated carbocycles. The lowest BCUT2D eigenvalue weighted by Gasteiger charge is -2.34. The van der Waals surface area contributed by atoms with Crippen LogP contribution in [0.4, 0.5) is 4.79 Å². The first kappa shape index (κ1) is 41.7. The third kappa shape index (κ3) is 25.5. The predicted molar refractivity (Wildman–Crippen MR) is 191 cm³/mol. The molecule has 0 bridgehead atoms. The van der Waals surface area contributed by atoms with Crippen molar-refractivity contribution < 1.29 is 19.1 Å². The molecular weight excluding hydrogens is 560 g/mol. The molecule has 1 saturated heterocycles. The van der Waals surface area contributed by atoms with E-state index in [1.54, 1.807) is 0 Å². The van der Waals surface area contributed by atoms with Gasteiger partial charge in [0.05, 0.1) is 7.11 Å². The van der Waals surface area contributed by atoms with Crippen molar-refractivity contribution in [3.63, 3.8) is 0 Å². The molecule has 1 fully saturated rings. The number of carbonyl (C=O) groups excluding carboxylic acids is 2. The molecule has 0 aromatic carbocycles. The van der Waals surface area contributed by atoms with Crippen LogP contribution in [0.5, 0.6) is 0 Å². The molecule has 266 valence electrons. The van der Waals surface area contributed by atoms with Crippen LogP contribution in [-0.4, -0.2) is 67.3 Å². The summed E-state index contributed by atoms with van der Waals surface area (Å²) in [5.41, 5.74) is -0.422. The molecule has 45 heavy (non-hydrogen) atoms. The Morgan fingerprint density at radius 2 is 1.07 bits per heavy atom. The zero-order valence-corrected chi connectivity index (χ0v) is 30.8. The van der Waals surface area contributed by atoms with Gasteiger partial charge in [-0.3, -0.25) is 4.79 Å². The van der Waals surface area contributed by atoms with Crippen LogP contribution in [0.1, 0.15) is 188 Å². The van der Waals surface area contributed by atoms with Crippen LogP contribution in [0.2, 0.25) is 0 Å². The molecule has 0 atom stereocenters. The van der Waals surface area contributed by atoms with Crippen LogP contribution in [0.15, 0.2) is 0 Å². The molecule has 0 spiro atoms. The SMILES string of the molecule is CCCCCCCCCCCCCCN(CCCCCCCCCCCC(=O)OC)CCC1CCN(C(=O)OC(C)(C)C)CC1. The highest BCUT2D eigenvalue weighted by atomic mass is 16.6. The molecule has 0 radical (unpaired) electrons.